The molecule has 1 unspecified atom stereocenters. The number of halogens is 1. The van der Waals surface area contributed by atoms with Gasteiger partial charge in [0.05, 0.1) is 29.4 Å². The van der Waals surface area contributed by atoms with Gasteiger partial charge in [0.1, 0.15) is 18.1 Å². The number of carbonyl (C=O) groups is 2. The third-order valence-corrected chi connectivity index (χ3v) is 6.31. The number of para-hydroxylation sites is 2. The average Bonchev–Trinajstić information content (AvgIpc) is 3.45. The van der Waals surface area contributed by atoms with E-state index in [-0.39, 0.29) is 30.7 Å². The Morgan fingerprint density at radius 1 is 1.25 bits per heavy atom. The van der Waals surface area contributed by atoms with E-state index in [1.54, 1.807) is 42.6 Å². The maximum absolute atomic E-state index is 13.0. The number of amides is 2. The quantitative estimate of drug-likeness (QED) is 0.306. The Labute approximate surface area is 212 Å². The van der Waals surface area contributed by atoms with Crippen molar-refractivity contribution in [3.8, 4) is 5.75 Å². The molecule has 5 rings (SSSR count). The fraction of sp³-hybridized carbons (Fsp3) is 0.192. The molecular weight excluding hydrogens is 480 g/mol. The number of aromatic nitrogens is 3. The van der Waals surface area contributed by atoms with Gasteiger partial charge in [-0.05, 0) is 36.4 Å². The Morgan fingerprint density at radius 3 is 2.89 bits per heavy atom. The van der Waals surface area contributed by atoms with Crippen molar-refractivity contribution >= 4 is 46.4 Å². The number of nitrogens with one attached hydrogen (secondary N) is 1. The summed E-state index contributed by atoms with van der Waals surface area (Å²) < 4.78 is 7.07. The molecule has 1 N–H and O–H groups in total. The normalized spacial score (nSPS) is 15.7. The van der Waals surface area contributed by atoms with Crippen LogP contribution in [0.25, 0.3) is 11.0 Å². The number of hydrogen-bond donors (Lipinski definition) is 1. The van der Waals surface area contributed by atoms with Crippen molar-refractivity contribution in [2.24, 2.45) is 5.10 Å². The van der Waals surface area contributed by atoms with Crippen LogP contribution in [0.1, 0.15) is 23.7 Å². The van der Waals surface area contributed by atoms with Gasteiger partial charge in [-0.3, -0.25) is 14.6 Å². The maximum atomic E-state index is 13.0. The van der Waals surface area contributed by atoms with Crippen LogP contribution < -0.4 is 15.1 Å². The Balaban J connectivity index is 1.38. The van der Waals surface area contributed by atoms with Gasteiger partial charge < -0.3 is 14.2 Å². The molecule has 1 saturated heterocycles. The molecule has 0 bridgehead atoms. The van der Waals surface area contributed by atoms with Crippen LogP contribution in [0.15, 0.2) is 72.1 Å². The second-order valence-electron chi connectivity index (χ2n) is 8.35. The smallest absolute Gasteiger partial charge is 0.260 e. The summed E-state index contributed by atoms with van der Waals surface area (Å²) in [6.45, 7) is 0.435. The Kier molecular flexibility index (Phi) is 6.64. The van der Waals surface area contributed by atoms with E-state index in [9.17, 15) is 9.59 Å². The van der Waals surface area contributed by atoms with Crippen LogP contribution in [0, 0.1) is 0 Å². The molecule has 1 aliphatic rings. The number of imidazole rings is 1. The monoisotopic (exact) mass is 502 g/mol. The summed E-state index contributed by atoms with van der Waals surface area (Å²) in [6.07, 6.45) is 5.12. The molecular formula is C26H23ClN6O3. The number of carbonyl (C=O) groups excluding carboxylic acids is 2. The minimum atomic E-state index is -0.303. The minimum Gasteiger partial charge on any atom is -0.495 e. The number of rotatable bonds is 7. The molecule has 0 saturated carbocycles. The Hall–Kier alpha value is -4.24. The first-order valence-electron chi connectivity index (χ1n) is 11.3. The molecule has 10 heteroatoms. The standard InChI is InChI=1S/C26H23ClN6O3/c1-36-23-9-8-19(12-20(23)27)32-15-18(11-25(32)35)26-30-21-6-2-3-7-22(21)33(26)16-24(34)31-29-14-17-5-4-10-28-13-17/h2-10,12-14,18H,11,15-16H2,1H3,(H,31,34)/b29-14+. The fourth-order valence-electron chi connectivity index (χ4n) is 4.34. The fourth-order valence-corrected chi connectivity index (χ4v) is 4.59. The highest BCUT2D eigenvalue weighted by molar-refractivity contribution is 6.32. The molecule has 9 nitrogen and oxygen atoms in total. The first-order valence-corrected chi connectivity index (χ1v) is 11.7. The van der Waals surface area contributed by atoms with Gasteiger partial charge in [0.25, 0.3) is 5.91 Å². The lowest BCUT2D eigenvalue weighted by Crippen LogP contribution is -2.26. The van der Waals surface area contributed by atoms with Gasteiger partial charge in [-0.1, -0.05) is 29.8 Å². The van der Waals surface area contributed by atoms with Gasteiger partial charge in [-0.25, -0.2) is 10.4 Å². The van der Waals surface area contributed by atoms with Gasteiger partial charge in [0.2, 0.25) is 5.91 Å². The summed E-state index contributed by atoms with van der Waals surface area (Å²) in [5, 5.41) is 4.46. The predicted molar refractivity (Wildman–Crippen MR) is 137 cm³/mol. The number of hydrogen-bond acceptors (Lipinski definition) is 6. The highest BCUT2D eigenvalue weighted by Crippen LogP contribution is 2.36. The SMILES string of the molecule is COc1ccc(N2CC(c3nc4ccccc4n3CC(=O)N/N=C/c3cccnc3)CC2=O)cc1Cl. The molecule has 3 heterocycles. The molecule has 2 amide bonds. The summed E-state index contributed by atoms with van der Waals surface area (Å²) in [4.78, 5) is 36.2. The van der Waals surface area contributed by atoms with E-state index in [4.69, 9.17) is 21.3 Å². The van der Waals surface area contributed by atoms with Crippen LogP contribution in [-0.4, -0.2) is 46.2 Å². The van der Waals surface area contributed by atoms with Crippen LogP contribution in [0.5, 0.6) is 5.75 Å². The van der Waals surface area contributed by atoms with E-state index >= 15 is 0 Å². The third kappa shape index (κ3) is 4.78. The summed E-state index contributed by atoms with van der Waals surface area (Å²) in [5.74, 6) is 0.686. The first kappa shape index (κ1) is 23.5. The highest BCUT2D eigenvalue weighted by Gasteiger charge is 2.35. The van der Waals surface area contributed by atoms with Crippen molar-refractivity contribution in [2.75, 3.05) is 18.6 Å². The largest absolute Gasteiger partial charge is 0.495 e. The maximum Gasteiger partial charge on any atom is 0.260 e. The van der Waals surface area contributed by atoms with E-state index in [1.807, 2.05) is 41.0 Å². The Morgan fingerprint density at radius 2 is 2.11 bits per heavy atom. The lowest BCUT2D eigenvalue weighted by molar-refractivity contribution is -0.121. The van der Waals surface area contributed by atoms with Gasteiger partial charge >= 0.3 is 0 Å². The molecule has 2 aromatic heterocycles. The zero-order valence-corrected chi connectivity index (χ0v) is 20.2. The van der Waals surface area contributed by atoms with E-state index in [2.05, 4.69) is 15.5 Å². The second kappa shape index (κ2) is 10.2. The van der Waals surface area contributed by atoms with E-state index in [0.717, 1.165) is 16.6 Å². The number of nitrogens with zero attached hydrogens (tertiary/aromatic N) is 5. The molecule has 0 aliphatic carbocycles. The average molecular weight is 503 g/mol. The topological polar surface area (TPSA) is 102 Å². The van der Waals surface area contributed by atoms with Crippen molar-refractivity contribution in [1.29, 1.82) is 0 Å². The van der Waals surface area contributed by atoms with E-state index in [1.165, 1.54) is 6.21 Å². The summed E-state index contributed by atoms with van der Waals surface area (Å²) in [6, 6.07) is 16.5. The molecule has 36 heavy (non-hydrogen) atoms. The summed E-state index contributed by atoms with van der Waals surface area (Å²) in [5.41, 5.74) is 5.61. The molecule has 182 valence electrons. The molecule has 0 spiro atoms. The number of fused-ring (bicyclic) bond motifs is 1. The van der Waals surface area contributed by atoms with Crippen LogP contribution in [0.4, 0.5) is 5.69 Å². The minimum absolute atomic E-state index is 0.0132. The number of methoxy groups -OCH3 is 1. The molecule has 4 aromatic rings. The number of benzene rings is 2. The van der Waals surface area contributed by atoms with E-state index in [0.29, 0.717) is 28.8 Å². The second-order valence-corrected chi connectivity index (χ2v) is 8.76. The van der Waals surface area contributed by atoms with Gasteiger partial charge in [-0.15, -0.1) is 0 Å². The van der Waals surface area contributed by atoms with Crippen molar-refractivity contribution in [2.45, 2.75) is 18.9 Å². The van der Waals surface area contributed by atoms with Crippen molar-refractivity contribution in [3.05, 3.63) is 83.4 Å². The van der Waals surface area contributed by atoms with Crippen molar-refractivity contribution in [3.63, 3.8) is 0 Å². The van der Waals surface area contributed by atoms with Crippen molar-refractivity contribution < 1.29 is 14.3 Å². The van der Waals surface area contributed by atoms with Crippen LogP contribution in [0.2, 0.25) is 5.02 Å². The van der Waals surface area contributed by atoms with Gasteiger partial charge in [-0.2, -0.15) is 5.10 Å². The number of hydrazone groups is 1. The van der Waals surface area contributed by atoms with Crippen LogP contribution >= 0.6 is 11.6 Å². The summed E-state index contributed by atoms with van der Waals surface area (Å²) in [7, 11) is 1.54. The zero-order valence-electron chi connectivity index (χ0n) is 19.5. The highest BCUT2D eigenvalue weighted by atomic mass is 35.5. The number of anilines is 1. The number of pyridine rings is 1. The molecule has 0 radical (unpaired) electrons. The summed E-state index contributed by atoms with van der Waals surface area (Å²) >= 11 is 6.29. The lowest BCUT2D eigenvalue weighted by atomic mass is 10.1. The Bertz CT molecular complexity index is 1450. The lowest BCUT2D eigenvalue weighted by Gasteiger charge is -2.18. The predicted octanol–water partition coefficient (Wildman–Crippen LogP) is 3.76. The number of ether oxygens (including phenoxy) is 1. The molecule has 1 aliphatic heterocycles. The van der Waals surface area contributed by atoms with Crippen LogP contribution in [-0.2, 0) is 16.1 Å². The van der Waals surface area contributed by atoms with Crippen LogP contribution in [0.3, 0.4) is 0 Å². The zero-order chi connectivity index (χ0) is 25.1. The molecule has 2 aromatic carbocycles. The van der Waals surface area contributed by atoms with Gasteiger partial charge in [0.15, 0.2) is 0 Å². The van der Waals surface area contributed by atoms with Crippen molar-refractivity contribution in [1.82, 2.24) is 20.0 Å². The first-order chi connectivity index (χ1) is 17.5. The molecule has 1 atom stereocenters. The van der Waals surface area contributed by atoms with E-state index < -0.39 is 0 Å². The molecule has 1 fully saturated rings. The van der Waals surface area contributed by atoms with Gasteiger partial charge in [0, 0.05) is 42.5 Å². The third-order valence-electron chi connectivity index (χ3n) is 6.01.